The van der Waals surface area contributed by atoms with Gasteiger partial charge in [-0.15, -0.1) is 0 Å². The predicted octanol–water partition coefficient (Wildman–Crippen LogP) is -1.80. The first kappa shape index (κ1) is 31.7. The van der Waals surface area contributed by atoms with E-state index in [2.05, 4.69) is 16.0 Å². The van der Waals surface area contributed by atoms with E-state index in [1.165, 1.54) is 43.0 Å². The number of aliphatic hydroxyl groups is 1. The number of hydrogen-bond donors (Lipinski definition) is 8. The molecule has 0 heterocycles. The Bertz CT molecular complexity index is 944. The van der Waals surface area contributed by atoms with Crippen LogP contribution in [0.1, 0.15) is 31.7 Å². The highest BCUT2D eigenvalue weighted by Gasteiger charge is 2.32. The molecule has 0 saturated carbocycles. The second-order valence-electron chi connectivity index (χ2n) is 8.45. The molecule has 5 atom stereocenters. The Hall–Kier alpha value is -3.36. The van der Waals surface area contributed by atoms with Gasteiger partial charge in [0.05, 0.1) is 12.1 Å². The Kier molecular flexibility index (Phi) is 13.4. The number of rotatable bonds is 16. The van der Waals surface area contributed by atoms with Gasteiger partial charge in [0.15, 0.2) is 0 Å². The summed E-state index contributed by atoms with van der Waals surface area (Å²) >= 11 is 1.49. The number of aliphatic hydroxyl groups excluding tert-OH is 1. The van der Waals surface area contributed by atoms with Gasteiger partial charge in [0, 0.05) is 12.8 Å². The van der Waals surface area contributed by atoms with Gasteiger partial charge >= 0.3 is 5.97 Å². The molecule has 37 heavy (non-hydrogen) atoms. The highest BCUT2D eigenvalue weighted by Crippen LogP contribution is 2.12. The molecule has 0 bridgehead atoms. The number of carbonyl (C=O) groups excluding carboxylic acids is 4. The monoisotopic (exact) mass is 541 g/mol. The van der Waals surface area contributed by atoms with Crippen molar-refractivity contribution in [3.63, 3.8) is 0 Å². The molecule has 4 amide bonds. The summed E-state index contributed by atoms with van der Waals surface area (Å²) in [6, 6.07) is 0.579. The van der Waals surface area contributed by atoms with Crippen LogP contribution >= 0.6 is 11.8 Å². The molecule has 10 N–H and O–H groups in total. The summed E-state index contributed by atoms with van der Waals surface area (Å²) in [7, 11) is 0. The van der Waals surface area contributed by atoms with Gasteiger partial charge in [-0.1, -0.05) is 12.1 Å². The van der Waals surface area contributed by atoms with Gasteiger partial charge in [-0.3, -0.25) is 19.2 Å². The van der Waals surface area contributed by atoms with E-state index in [0.29, 0.717) is 17.7 Å². The summed E-state index contributed by atoms with van der Waals surface area (Å²) in [5.41, 5.74) is 11.4. The normalized spacial score (nSPS) is 14.9. The van der Waals surface area contributed by atoms with Crippen molar-refractivity contribution in [1.82, 2.24) is 16.0 Å². The van der Waals surface area contributed by atoms with Crippen LogP contribution in [0, 0.1) is 0 Å². The molecule has 0 saturated heterocycles. The molecule has 206 valence electrons. The first-order valence-electron chi connectivity index (χ1n) is 11.5. The van der Waals surface area contributed by atoms with Crippen molar-refractivity contribution in [2.45, 2.75) is 62.9 Å². The predicted molar refractivity (Wildman–Crippen MR) is 136 cm³/mol. The highest BCUT2D eigenvalue weighted by atomic mass is 32.2. The van der Waals surface area contributed by atoms with E-state index < -0.39 is 59.9 Å². The van der Waals surface area contributed by atoms with E-state index in [-0.39, 0.29) is 25.0 Å². The largest absolute Gasteiger partial charge is 0.508 e. The van der Waals surface area contributed by atoms with Gasteiger partial charge in [-0.05, 0) is 49.5 Å². The average molecular weight is 542 g/mol. The lowest BCUT2D eigenvalue weighted by atomic mass is 10.0. The smallest absolute Gasteiger partial charge is 0.326 e. The number of phenolic OH excluding ortho intramolecular Hbond substituents is 1. The number of nitrogens with two attached hydrogens (primary N) is 2. The summed E-state index contributed by atoms with van der Waals surface area (Å²) in [6.07, 6.45) is 0.161. The minimum atomic E-state index is -1.46. The minimum absolute atomic E-state index is 0.0270. The maximum atomic E-state index is 13.0. The first-order valence-corrected chi connectivity index (χ1v) is 12.9. The number of aromatic hydroxyl groups is 1. The van der Waals surface area contributed by atoms with E-state index in [4.69, 9.17) is 11.5 Å². The topological polar surface area (TPSA) is 234 Å². The van der Waals surface area contributed by atoms with Gasteiger partial charge in [0.1, 0.15) is 23.9 Å². The Morgan fingerprint density at radius 3 is 2.05 bits per heavy atom. The lowest BCUT2D eigenvalue weighted by molar-refractivity contribution is -0.142. The molecule has 1 aromatic rings. The molecule has 0 aliphatic rings. The second kappa shape index (κ2) is 15.7. The zero-order valence-electron chi connectivity index (χ0n) is 20.7. The fourth-order valence-corrected chi connectivity index (χ4v) is 3.69. The number of amides is 4. The van der Waals surface area contributed by atoms with E-state index in [0.717, 1.165) is 0 Å². The fourth-order valence-electron chi connectivity index (χ4n) is 3.20. The Morgan fingerprint density at radius 1 is 0.946 bits per heavy atom. The van der Waals surface area contributed by atoms with E-state index in [1.807, 2.05) is 6.26 Å². The van der Waals surface area contributed by atoms with Gasteiger partial charge < -0.3 is 42.7 Å². The molecule has 14 heteroatoms. The minimum Gasteiger partial charge on any atom is -0.508 e. The van der Waals surface area contributed by atoms with E-state index >= 15 is 0 Å². The summed E-state index contributed by atoms with van der Waals surface area (Å²) in [5, 5.41) is 36.2. The summed E-state index contributed by atoms with van der Waals surface area (Å²) in [6.45, 7) is 1.28. The summed E-state index contributed by atoms with van der Waals surface area (Å²) in [5.74, 6) is -4.02. The molecular formula is C23H35N5O8S. The Balaban J connectivity index is 3.11. The van der Waals surface area contributed by atoms with Crippen molar-refractivity contribution in [2.24, 2.45) is 11.5 Å². The lowest BCUT2D eigenvalue weighted by Gasteiger charge is -2.26. The number of primary amides is 1. The molecule has 0 aliphatic heterocycles. The lowest BCUT2D eigenvalue weighted by Crippen LogP contribution is -2.60. The van der Waals surface area contributed by atoms with Crippen LogP contribution in [0.25, 0.3) is 0 Å². The van der Waals surface area contributed by atoms with Gasteiger partial charge in [-0.25, -0.2) is 4.79 Å². The summed E-state index contributed by atoms with van der Waals surface area (Å²) < 4.78 is 0. The van der Waals surface area contributed by atoms with Crippen molar-refractivity contribution in [3.8, 4) is 5.75 Å². The van der Waals surface area contributed by atoms with Crippen LogP contribution in [0.3, 0.4) is 0 Å². The van der Waals surface area contributed by atoms with Crippen LogP contribution in [0.4, 0.5) is 0 Å². The van der Waals surface area contributed by atoms with Crippen molar-refractivity contribution in [1.29, 1.82) is 0 Å². The molecule has 0 fully saturated rings. The SMILES string of the molecule is CSCCC(N)C(=O)NC(C(=O)NC(Cc1ccc(O)cc1)C(=O)NC(CCC(N)=O)C(=O)O)C(C)O. The van der Waals surface area contributed by atoms with Crippen LogP contribution < -0.4 is 27.4 Å². The van der Waals surface area contributed by atoms with Crippen LogP contribution in [0.2, 0.25) is 0 Å². The van der Waals surface area contributed by atoms with E-state index in [1.54, 1.807) is 0 Å². The maximum absolute atomic E-state index is 13.0. The second-order valence-corrected chi connectivity index (χ2v) is 9.44. The standard InChI is InChI=1S/C23H35N5O8S/c1-12(29)19(28-20(32)15(24)9-10-37-2)22(34)27-17(11-13-3-5-14(30)6-4-13)21(33)26-16(23(35)36)7-8-18(25)31/h3-6,12,15-17,19,29-30H,7-11,24H2,1-2H3,(H2,25,31)(H,26,33)(H,27,34)(H,28,32)(H,35,36). The molecular weight excluding hydrogens is 506 g/mol. The van der Waals surface area contributed by atoms with Gasteiger partial charge in [0.25, 0.3) is 0 Å². The zero-order chi connectivity index (χ0) is 28.1. The van der Waals surface area contributed by atoms with Gasteiger partial charge in [0.2, 0.25) is 23.6 Å². The first-order chi connectivity index (χ1) is 17.3. The zero-order valence-corrected chi connectivity index (χ0v) is 21.5. The summed E-state index contributed by atoms with van der Waals surface area (Å²) in [4.78, 5) is 61.1. The molecule has 1 rings (SSSR count). The number of carboxylic acids is 1. The number of carboxylic acid groups (broad SMARTS) is 1. The number of aliphatic carboxylic acids is 1. The van der Waals surface area contributed by atoms with Crippen molar-refractivity contribution in [2.75, 3.05) is 12.0 Å². The average Bonchev–Trinajstić information content (AvgIpc) is 2.83. The maximum Gasteiger partial charge on any atom is 0.326 e. The number of phenols is 1. The Morgan fingerprint density at radius 2 is 1.54 bits per heavy atom. The van der Waals surface area contributed by atoms with Crippen molar-refractivity contribution < 1.29 is 39.3 Å². The van der Waals surface area contributed by atoms with E-state index in [9.17, 15) is 39.3 Å². The molecule has 0 spiro atoms. The van der Waals surface area contributed by atoms with Crippen LogP contribution in [0.15, 0.2) is 24.3 Å². The van der Waals surface area contributed by atoms with Gasteiger partial charge in [-0.2, -0.15) is 11.8 Å². The number of nitrogens with one attached hydrogen (secondary N) is 3. The van der Waals surface area contributed by atoms with Crippen LogP contribution in [0.5, 0.6) is 5.75 Å². The van der Waals surface area contributed by atoms with Crippen molar-refractivity contribution >= 4 is 41.4 Å². The quantitative estimate of drug-likeness (QED) is 0.117. The number of benzene rings is 1. The molecule has 5 unspecified atom stereocenters. The number of hydrogen-bond acceptors (Lipinski definition) is 9. The van der Waals surface area contributed by atoms with Crippen LogP contribution in [-0.2, 0) is 30.4 Å². The molecule has 0 radical (unpaired) electrons. The number of thioether (sulfide) groups is 1. The molecule has 13 nitrogen and oxygen atoms in total. The third-order valence-corrected chi connectivity index (χ3v) is 5.98. The molecule has 0 aliphatic carbocycles. The Labute approximate surface area is 218 Å². The third kappa shape index (κ3) is 11.5. The number of carbonyl (C=O) groups is 5. The molecule has 0 aromatic heterocycles. The fraction of sp³-hybridized carbons (Fsp3) is 0.522. The van der Waals surface area contributed by atoms with Crippen molar-refractivity contribution in [3.05, 3.63) is 29.8 Å². The molecule has 1 aromatic carbocycles. The van der Waals surface area contributed by atoms with Crippen LogP contribution in [-0.4, -0.2) is 87.2 Å². The highest BCUT2D eigenvalue weighted by molar-refractivity contribution is 7.98. The third-order valence-electron chi connectivity index (χ3n) is 5.34.